The molecule has 0 N–H and O–H groups in total. The summed E-state index contributed by atoms with van der Waals surface area (Å²) in [5, 5.41) is 2.45. The van der Waals surface area contributed by atoms with Crippen molar-refractivity contribution < 1.29 is 4.74 Å². The average Bonchev–Trinajstić information content (AvgIpc) is 3.51. The molecule has 0 aromatic heterocycles. The molecule has 0 atom stereocenters. The monoisotopic (exact) mass is 754 g/mol. The Labute approximate surface area is 345 Å². The molecule has 278 valence electrons. The highest BCUT2D eigenvalue weighted by molar-refractivity contribution is 6.99. The lowest BCUT2D eigenvalue weighted by Gasteiger charge is -2.40. The Morgan fingerprint density at radius 1 is 0.492 bits per heavy atom. The molecule has 59 heavy (non-hydrogen) atoms. The van der Waals surface area contributed by atoms with Crippen molar-refractivity contribution in [1.82, 2.24) is 0 Å². The standard InChI is InChI=1S/C55H39BN2O/c1-55(2)44-34-47-52(59-51-28-16-27-49-54(51)56(47)46-25-14-15-26-48(46)58(49)39-21-10-5-11-22-39)33-43(44)53-42-24-13-12-23-41(42)50(35-45(53)55)57(38-19-8-4-9-20-38)40-31-29-37(30-32-40)36-17-6-3-7-18-36/h3-35H,1-2H3. The van der Waals surface area contributed by atoms with Gasteiger partial charge in [-0.3, -0.25) is 0 Å². The minimum absolute atomic E-state index is 0.0330. The first-order chi connectivity index (χ1) is 29.0. The van der Waals surface area contributed by atoms with Crippen LogP contribution in [0, 0.1) is 0 Å². The number of anilines is 6. The molecule has 0 unspecified atom stereocenters. The number of nitrogens with zero attached hydrogens (tertiary/aromatic N) is 2. The van der Waals surface area contributed by atoms with Crippen molar-refractivity contribution in [2.75, 3.05) is 9.80 Å². The molecule has 4 heteroatoms. The predicted molar refractivity (Wildman–Crippen MR) is 247 cm³/mol. The Morgan fingerprint density at radius 2 is 1.12 bits per heavy atom. The molecule has 12 rings (SSSR count). The molecule has 3 aliphatic rings. The van der Waals surface area contributed by atoms with E-state index in [0.717, 1.165) is 28.6 Å². The Bertz CT molecular complexity index is 3110. The van der Waals surface area contributed by atoms with Gasteiger partial charge in [-0.2, -0.15) is 0 Å². The van der Waals surface area contributed by atoms with Crippen molar-refractivity contribution >= 4 is 68.0 Å². The molecule has 9 aromatic carbocycles. The summed E-state index contributed by atoms with van der Waals surface area (Å²) in [5.41, 5.74) is 18.0. The van der Waals surface area contributed by atoms with Crippen LogP contribution in [-0.4, -0.2) is 6.71 Å². The topological polar surface area (TPSA) is 15.7 Å². The van der Waals surface area contributed by atoms with E-state index in [1.54, 1.807) is 0 Å². The zero-order valence-electron chi connectivity index (χ0n) is 32.9. The summed E-state index contributed by atoms with van der Waals surface area (Å²) in [5.74, 6) is 1.85. The van der Waals surface area contributed by atoms with Crippen LogP contribution in [0.2, 0.25) is 0 Å². The van der Waals surface area contributed by atoms with E-state index in [-0.39, 0.29) is 12.1 Å². The normalized spacial score (nSPS) is 13.8. The predicted octanol–water partition coefficient (Wildman–Crippen LogP) is 12.7. The SMILES string of the molecule is CC1(C)c2cc3c(cc2-c2c1cc(N(c1ccccc1)c1ccc(-c4ccccc4)cc1)c1ccccc21)Oc1cccc2c1B3c1ccccc1N2c1ccccc1. The first-order valence-corrected chi connectivity index (χ1v) is 20.6. The molecule has 0 saturated carbocycles. The number of hydrogen-bond acceptors (Lipinski definition) is 3. The highest BCUT2D eigenvalue weighted by Gasteiger charge is 2.45. The summed E-state index contributed by atoms with van der Waals surface area (Å²) in [7, 11) is 0. The molecule has 0 saturated heterocycles. The maximum atomic E-state index is 7.03. The van der Waals surface area contributed by atoms with Crippen LogP contribution >= 0.6 is 0 Å². The van der Waals surface area contributed by atoms with Gasteiger partial charge in [0.05, 0.1) is 5.69 Å². The zero-order chi connectivity index (χ0) is 39.2. The fraction of sp³-hybridized carbons (Fsp3) is 0.0545. The minimum atomic E-state index is -0.290. The van der Waals surface area contributed by atoms with Crippen LogP contribution in [0.25, 0.3) is 33.0 Å². The summed E-state index contributed by atoms with van der Waals surface area (Å²) in [6.07, 6.45) is 0. The molecule has 0 spiro atoms. The van der Waals surface area contributed by atoms with Crippen LogP contribution in [0.15, 0.2) is 200 Å². The Kier molecular flexibility index (Phi) is 7.37. The van der Waals surface area contributed by atoms with Crippen molar-refractivity contribution in [3.05, 3.63) is 211 Å². The zero-order valence-corrected chi connectivity index (χ0v) is 32.9. The first kappa shape index (κ1) is 33.8. The molecule has 9 aromatic rings. The number of rotatable bonds is 5. The van der Waals surface area contributed by atoms with Crippen molar-refractivity contribution in [3.63, 3.8) is 0 Å². The van der Waals surface area contributed by atoms with Crippen LogP contribution in [0.4, 0.5) is 34.1 Å². The Hall–Kier alpha value is -7.30. The number of ether oxygens (including phenoxy) is 1. The van der Waals surface area contributed by atoms with E-state index in [0.29, 0.717) is 0 Å². The first-order valence-electron chi connectivity index (χ1n) is 20.6. The largest absolute Gasteiger partial charge is 0.458 e. The second-order valence-electron chi connectivity index (χ2n) is 16.5. The van der Waals surface area contributed by atoms with E-state index in [1.165, 1.54) is 77.6 Å². The second-order valence-corrected chi connectivity index (χ2v) is 16.5. The van der Waals surface area contributed by atoms with Gasteiger partial charge in [0.15, 0.2) is 0 Å². The van der Waals surface area contributed by atoms with Gasteiger partial charge >= 0.3 is 0 Å². The third-order valence-electron chi connectivity index (χ3n) is 12.9. The summed E-state index contributed by atoms with van der Waals surface area (Å²) in [6, 6.07) is 72.8. The third-order valence-corrected chi connectivity index (χ3v) is 12.9. The van der Waals surface area contributed by atoms with Crippen LogP contribution in [0.1, 0.15) is 25.0 Å². The van der Waals surface area contributed by atoms with Crippen molar-refractivity contribution in [3.8, 4) is 33.8 Å². The Balaban J connectivity index is 1.05. The lowest BCUT2D eigenvalue weighted by Crippen LogP contribution is -2.59. The molecule has 0 fully saturated rings. The van der Waals surface area contributed by atoms with Gasteiger partial charge in [0.1, 0.15) is 11.5 Å². The fourth-order valence-corrected chi connectivity index (χ4v) is 10.2. The summed E-state index contributed by atoms with van der Waals surface area (Å²) < 4.78 is 7.03. The van der Waals surface area contributed by atoms with Gasteiger partial charge in [-0.05, 0) is 122 Å². The summed E-state index contributed by atoms with van der Waals surface area (Å²) >= 11 is 0. The van der Waals surface area contributed by atoms with Crippen molar-refractivity contribution in [1.29, 1.82) is 0 Å². The number of para-hydroxylation sites is 3. The smallest absolute Gasteiger partial charge is 0.256 e. The lowest BCUT2D eigenvalue weighted by molar-refractivity contribution is 0.487. The maximum Gasteiger partial charge on any atom is 0.256 e. The molecular formula is C55H39BN2O. The highest BCUT2D eigenvalue weighted by atomic mass is 16.5. The van der Waals surface area contributed by atoms with E-state index < -0.39 is 0 Å². The van der Waals surface area contributed by atoms with E-state index in [1.807, 2.05) is 0 Å². The number of benzene rings is 9. The second kappa shape index (κ2) is 12.9. The Morgan fingerprint density at radius 3 is 1.90 bits per heavy atom. The van der Waals surface area contributed by atoms with E-state index in [2.05, 4.69) is 224 Å². The van der Waals surface area contributed by atoms with Crippen molar-refractivity contribution in [2.45, 2.75) is 19.3 Å². The molecule has 0 amide bonds. The molecule has 0 bridgehead atoms. The fourth-order valence-electron chi connectivity index (χ4n) is 10.2. The molecular weight excluding hydrogens is 715 g/mol. The van der Waals surface area contributed by atoms with Gasteiger partial charge < -0.3 is 14.5 Å². The van der Waals surface area contributed by atoms with Crippen molar-refractivity contribution in [2.24, 2.45) is 0 Å². The van der Waals surface area contributed by atoms with Gasteiger partial charge in [-0.1, -0.05) is 147 Å². The molecule has 3 nitrogen and oxygen atoms in total. The van der Waals surface area contributed by atoms with Gasteiger partial charge in [0.2, 0.25) is 0 Å². The van der Waals surface area contributed by atoms with E-state index in [4.69, 9.17) is 4.74 Å². The van der Waals surface area contributed by atoms with Crippen LogP contribution in [0.5, 0.6) is 11.5 Å². The summed E-state index contributed by atoms with van der Waals surface area (Å²) in [6.45, 7) is 4.84. The maximum absolute atomic E-state index is 7.03. The van der Waals surface area contributed by atoms with E-state index in [9.17, 15) is 0 Å². The van der Waals surface area contributed by atoms with Gasteiger partial charge in [-0.15, -0.1) is 0 Å². The quantitative estimate of drug-likeness (QED) is 0.163. The van der Waals surface area contributed by atoms with Gasteiger partial charge in [0.25, 0.3) is 6.71 Å². The third kappa shape index (κ3) is 5.03. The molecule has 2 aliphatic heterocycles. The summed E-state index contributed by atoms with van der Waals surface area (Å²) in [4.78, 5) is 4.83. The van der Waals surface area contributed by atoms with Crippen LogP contribution < -0.4 is 30.9 Å². The van der Waals surface area contributed by atoms with Gasteiger partial charge in [-0.25, -0.2) is 0 Å². The highest BCUT2D eigenvalue weighted by Crippen LogP contribution is 2.55. The number of fused-ring (bicyclic) bond motifs is 9. The minimum Gasteiger partial charge on any atom is -0.458 e. The molecule has 1 aliphatic carbocycles. The molecule has 0 radical (unpaired) electrons. The van der Waals surface area contributed by atoms with E-state index >= 15 is 0 Å². The van der Waals surface area contributed by atoms with Crippen LogP contribution in [0.3, 0.4) is 0 Å². The molecule has 2 heterocycles. The van der Waals surface area contributed by atoms with Gasteiger partial charge in [0, 0.05) is 39.2 Å². The number of hydrogen-bond donors (Lipinski definition) is 0. The van der Waals surface area contributed by atoms with Crippen LogP contribution in [-0.2, 0) is 5.41 Å². The average molecular weight is 755 g/mol. The lowest BCUT2D eigenvalue weighted by atomic mass is 9.34.